The van der Waals surface area contributed by atoms with Crippen LogP contribution in [-0.4, -0.2) is 23.9 Å². The molecule has 0 bridgehead atoms. The van der Waals surface area contributed by atoms with Gasteiger partial charge in [0.15, 0.2) is 15.8 Å². The Bertz CT molecular complexity index is 884. The second kappa shape index (κ2) is 8.12. The van der Waals surface area contributed by atoms with Crippen LogP contribution in [0.4, 0.5) is 5.69 Å². The topological polar surface area (TPSA) is 38.8 Å². The predicted molar refractivity (Wildman–Crippen MR) is 111 cm³/mol. The van der Waals surface area contributed by atoms with Crippen molar-refractivity contribution in [1.82, 2.24) is 0 Å². The fraction of sp³-hybridized carbons (Fsp3) is 0.158. The lowest BCUT2D eigenvalue weighted by atomic mass is 10.1. The lowest BCUT2D eigenvalue weighted by Crippen LogP contribution is -2.27. The number of hydrogen-bond acceptors (Lipinski definition) is 5. The van der Waals surface area contributed by atoms with E-state index < -0.39 is 0 Å². The number of methoxy groups -OCH3 is 1. The molecule has 1 fully saturated rings. The third kappa shape index (κ3) is 3.72. The molecule has 7 heteroatoms. The molecule has 0 spiro atoms. The number of nitrogens with zero attached hydrogens (tertiary/aromatic N) is 1. The van der Waals surface area contributed by atoms with E-state index in [1.165, 1.54) is 16.7 Å². The zero-order chi connectivity index (χ0) is 18.7. The van der Waals surface area contributed by atoms with E-state index in [2.05, 4.69) is 0 Å². The van der Waals surface area contributed by atoms with Gasteiger partial charge in [-0.1, -0.05) is 53.8 Å². The molecule has 1 amide bonds. The highest BCUT2D eigenvalue weighted by Crippen LogP contribution is 2.39. The first-order valence-electron chi connectivity index (χ1n) is 7.88. The summed E-state index contributed by atoms with van der Waals surface area (Å²) in [5.74, 6) is 0.950. The number of thiocarbonyl (C=S) groups is 1. The van der Waals surface area contributed by atoms with Crippen LogP contribution in [0.3, 0.4) is 0 Å². The third-order valence-corrected chi connectivity index (χ3v) is 5.31. The maximum Gasteiger partial charge on any atom is 0.270 e. The first kappa shape index (κ1) is 18.8. The normalized spacial score (nSPS) is 15.7. The molecule has 2 aromatic carbocycles. The molecular weight excluding hydrogens is 390 g/mol. The molecule has 0 atom stereocenters. The maximum absolute atomic E-state index is 12.8. The fourth-order valence-corrected chi connectivity index (χ4v) is 4.00. The van der Waals surface area contributed by atoms with Crippen molar-refractivity contribution < 1.29 is 14.3 Å². The van der Waals surface area contributed by atoms with Crippen LogP contribution in [0.5, 0.6) is 11.5 Å². The highest BCUT2D eigenvalue weighted by Gasteiger charge is 2.33. The van der Waals surface area contributed by atoms with Crippen LogP contribution < -0.4 is 14.4 Å². The molecule has 1 aliphatic heterocycles. The Morgan fingerprint density at radius 3 is 2.62 bits per heavy atom. The number of para-hydroxylation sites is 1. The van der Waals surface area contributed by atoms with Gasteiger partial charge in [0.25, 0.3) is 5.91 Å². The summed E-state index contributed by atoms with van der Waals surface area (Å²) in [5, 5.41) is 0.468. The number of ether oxygens (including phenoxy) is 2. The van der Waals surface area contributed by atoms with Crippen LogP contribution in [0, 0.1) is 0 Å². The number of rotatable bonds is 5. The van der Waals surface area contributed by atoms with Crippen molar-refractivity contribution in [2.24, 2.45) is 0 Å². The molecule has 134 valence electrons. The standard InChI is InChI=1S/C19H16ClNO3S2/c1-3-24-16-9-12(14(20)11-15(16)23-2)10-17-18(22)21(19(25)26-17)13-7-5-4-6-8-13/h4-11H,3H2,1-2H3/b17-10+. The van der Waals surface area contributed by atoms with Gasteiger partial charge in [-0.3, -0.25) is 9.69 Å². The van der Waals surface area contributed by atoms with Gasteiger partial charge < -0.3 is 9.47 Å². The van der Waals surface area contributed by atoms with E-state index in [1.807, 2.05) is 37.3 Å². The molecule has 0 N–H and O–H groups in total. The Labute approximate surface area is 166 Å². The monoisotopic (exact) mass is 405 g/mol. The van der Waals surface area contributed by atoms with Gasteiger partial charge in [0.05, 0.1) is 29.3 Å². The van der Waals surface area contributed by atoms with Crippen molar-refractivity contribution in [2.75, 3.05) is 18.6 Å². The summed E-state index contributed by atoms with van der Waals surface area (Å²) in [7, 11) is 1.55. The predicted octanol–water partition coefficient (Wildman–Crippen LogP) is 5.15. The molecule has 1 saturated heterocycles. The Balaban J connectivity index is 1.97. The van der Waals surface area contributed by atoms with Crippen LogP contribution in [-0.2, 0) is 4.79 Å². The van der Waals surface area contributed by atoms with E-state index in [4.69, 9.17) is 33.3 Å². The van der Waals surface area contributed by atoms with E-state index in [1.54, 1.807) is 25.3 Å². The van der Waals surface area contributed by atoms with Gasteiger partial charge in [0.2, 0.25) is 0 Å². The van der Waals surface area contributed by atoms with Crippen molar-refractivity contribution in [1.29, 1.82) is 0 Å². The quantitative estimate of drug-likeness (QED) is 0.508. The SMILES string of the molecule is CCOc1cc(/C=C2/SC(=S)N(c3ccccc3)C2=O)c(Cl)cc1OC. The number of carbonyl (C=O) groups is 1. The average molecular weight is 406 g/mol. The molecular formula is C19H16ClNO3S2. The average Bonchev–Trinajstić information content (AvgIpc) is 2.92. The van der Waals surface area contributed by atoms with Crippen molar-refractivity contribution >= 4 is 57.6 Å². The van der Waals surface area contributed by atoms with Crippen molar-refractivity contribution in [3.8, 4) is 11.5 Å². The van der Waals surface area contributed by atoms with E-state index in [-0.39, 0.29) is 5.91 Å². The van der Waals surface area contributed by atoms with E-state index in [9.17, 15) is 4.79 Å². The summed E-state index contributed by atoms with van der Waals surface area (Å²) in [6, 6.07) is 12.8. The van der Waals surface area contributed by atoms with Gasteiger partial charge in [-0.15, -0.1) is 0 Å². The fourth-order valence-electron chi connectivity index (χ4n) is 2.50. The van der Waals surface area contributed by atoms with E-state index in [0.29, 0.717) is 37.9 Å². The molecule has 0 saturated carbocycles. The summed E-state index contributed by atoms with van der Waals surface area (Å²) in [5.41, 5.74) is 1.42. The number of hydrogen-bond donors (Lipinski definition) is 0. The lowest BCUT2D eigenvalue weighted by molar-refractivity contribution is -0.113. The highest BCUT2D eigenvalue weighted by molar-refractivity contribution is 8.27. The number of thioether (sulfide) groups is 1. The highest BCUT2D eigenvalue weighted by atomic mass is 35.5. The molecule has 3 rings (SSSR count). The van der Waals surface area contributed by atoms with Gasteiger partial charge in [-0.2, -0.15) is 0 Å². The molecule has 1 aliphatic rings. The van der Waals surface area contributed by atoms with Crippen LogP contribution in [0.25, 0.3) is 6.08 Å². The largest absolute Gasteiger partial charge is 0.493 e. The molecule has 0 unspecified atom stereocenters. The summed E-state index contributed by atoms with van der Waals surface area (Å²) < 4.78 is 11.4. The molecule has 0 radical (unpaired) electrons. The molecule has 0 aliphatic carbocycles. The number of amides is 1. The number of anilines is 1. The first-order chi connectivity index (χ1) is 12.5. The van der Waals surface area contributed by atoms with Gasteiger partial charge in [0, 0.05) is 6.07 Å². The van der Waals surface area contributed by atoms with Crippen molar-refractivity contribution in [3.05, 3.63) is 58.0 Å². The van der Waals surface area contributed by atoms with Crippen molar-refractivity contribution in [2.45, 2.75) is 6.92 Å². The first-order valence-corrected chi connectivity index (χ1v) is 9.48. The second-order valence-electron chi connectivity index (χ2n) is 5.31. The van der Waals surface area contributed by atoms with E-state index in [0.717, 1.165) is 5.69 Å². The summed E-state index contributed by atoms with van der Waals surface area (Å²) >= 11 is 13.0. The zero-order valence-electron chi connectivity index (χ0n) is 14.2. The number of benzene rings is 2. The lowest BCUT2D eigenvalue weighted by Gasteiger charge is -2.14. The van der Waals surface area contributed by atoms with Gasteiger partial charge in [0.1, 0.15) is 0 Å². The van der Waals surface area contributed by atoms with Crippen LogP contribution in [0.15, 0.2) is 47.4 Å². The summed E-state index contributed by atoms with van der Waals surface area (Å²) in [6.45, 7) is 2.38. The van der Waals surface area contributed by atoms with Gasteiger partial charge >= 0.3 is 0 Å². The zero-order valence-corrected chi connectivity index (χ0v) is 16.6. The molecule has 2 aromatic rings. The van der Waals surface area contributed by atoms with Crippen LogP contribution in [0.2, 0.25) is 5.02 Å². The van der Waals surface area contributed by atoms with Crippen molar-refractivity contribution in [3.63, 3.8) is 0 Å². The minimum atomic E-state index is -0.170. The molecule has 1 heterocycles. The number of carbonyl (C=O) groups excluding carboxylic acids is 1. The second-order valence-corrected chi connectivity index (χ2v) is 7.39. The Hall–Kier alpha value is -2.02. The van der Waals surface area contributed by atoms with E-state index >= 15 is 0 Å². The minimum absolute atomic E-state index is 0.170. The summed E-state index contributed by atoms with van der Waals surface area (Å²) in [4.78, 5) is 14.8. The van der Waals surface area contributed by atoms with Gasteiger partial charge in [-0.05, 0) is 36.8 Å². The number of halogens is 1. The summed E-state index contributed by atoms with van der Waals surface area (Å²) in [6.07, 6.45) is 1.73. The Morgan fingerprint density at radius 1 is 1.23 bits per heavy atom. The molecule has 4 nitrogen and oxygen atoms in total. The van der Waals surface area contributed by atoms with Crippen LogP contribution >= 0.6 is 35.6 Å². The third-order valence-electron chi connectivity index (χ3n) is 3.68. The molecule has 26 heavy (non-hydrogen) atoms. The smallest absolute Gasteiger partial charge is 0.270 e. The Morgan fingerprint density at radius 2 is 1.96 bits per heavy atom. The van der Waals surface area contributed by atoms with Crippen LogP contribution in [0.1, 0.15) is 12.5 Å². The Kier molecular flexibility index (Phi) is 5.86. The van der Waals surface area contributed by atoms with Gasteiger partial charge in [-0.25, -0.2) is 0 Å². The maximum atomic E-state index is 12.8. The minimum Gasteiger partial charge on any atom is -0.493 e. The molecule has 0 aromatic heterocycles.